The molecule has 88 valence electrons. The minimum Gasteiger partial charge on any atom is -0.359 e. The SMILES string of the molecule is O=CNCCCCCCN1CCCCC1. The number of piperidine rings is 1. The van der Waals surface area contributed by atoms with Crippen LogP contribution in [0, 0.1) is 0 Å². The summed E-state index contributed by atoms with van der Waals surface area (Å²) in [5.41, 5.74) is 0. The lowest BCUT2D eigenvalue weighted by Gasteiger charge is -2.26. The van der Waals surface area contributed by atoms with E-state index >= 15 is 0 Å². The average Bonchev–Trinajstić information content (AvgIpc) is 2.29. The number of carbonyl (C=O) groups excluding carboxylic acids is 1. The molecule has 0 aromatic heterocycles. The van der Waals surface area contributed by atoms with Gasteiger partial charge in [0.2, 0.25) is 6.41 Å². The van der Waals surface area contributed by atoms with Crippen molar-refractivity contribution in [1.82, 2.24) is 10.2 Å². The van der Waals surface area contributed by atoms with Crippen LogP contribution in [0.2, 0.25) is 0 Å². The number of nitrogens with one attached hydrogen (secondary N) is 1. The molecule has 0 aromatic carbocycles. The quantitative estimate of drug-likeness (QED) is 0.491. The Morgan fingerprint density at radius 2 is 1.73 bits per heavy atom. The Morgan fingerprint density at radius 3 is 2.47 bits per heavy atom. The van der Waals surface area contributed by atoms with Crippen LogP contribution in [0.1, 0.15) is 44.9 Å². The molecule has 0 aromatic rings. The summed E-state index contributed by atoms with van der Waals surface area (Å²) in [5, 5.41) is 2.70. The topological polar surface area (TPSA) is 32.3 Å². The van der Waals surface area contributed by atoms with E-state index in [-0.39, 0.29) is 0 Å². The van der Waals surface area contributed by atoms with Gasteiger partial charge >= 0.3 is 0 Å². The zero-order chi connectivity index (χ0) is 10.8. The maximum absolute atomic E-state index is 9.98. The highest BCUT2D eigenvalue weighted by molar-refractivity contribution is 5.45. The van der Waals surface area contributed by atoms with Crippen LogP contribution in [0.4, 0.5) is 0 Å². The Labute approximate surface area is 93.2 Å². The van der Waals surface area contributed by atoms with Crippen molar-refractivity contribution in [2.24, 2.45) is 0 Å². The van der Waals surface area contributed by atoms with Gasteiger partial charge in [0.15, 0.2) is 0 Å². The van der Waals surface area contributed by atoms with Crippen molar-refractivity contribution in [3.05, 3.63) is 0 Å². The molecule has 1 heterocycles. The van der Waals surface area contributed by atoms with Crippen molar-refractivity contribution in [1.29, 1.82) is 0 Å². The second-order valence-electron chi connectivity index (χ2n) is 4.39. The fourth-order valence-electron chi connectivity index (χ4n) is 2.16. The summed E-state index contributed by atoms with van der Waals surface area (Å²) < 4.78 is 0. The first-order valence-electron chi connectivity index (χ1n) is 6.33. The molecule has 1 aliphatic rings. The molecule has 15 heavy (non-hydrogen) atoms. The van der Waals surface area contributed by atoms with Gasteiger partial charge in [-0.15, -0.1) is 0 Å². The van der Waals surface area contributed by atoms with Gasteiger partial charge in [0.05, 0.1) is 0 Å². The van der Waals surface area contributed by atoms with Gasteiger partial charge < -0.3 is 10.2 Å². The van der Waals surface area contributed by atoms with E-state index in [2.05, 4.69) is 10.2 Å². The maximum Gasteiger partial charge on any atom is 0.207 e. The van der Waals surface area contributed by atoms with Crippen LogP contribution in [-0.4, -0.2) is 37.5 Å². The molecule has 1 aliphatic heterocycles. The van der Waals surface area contributed by atoms with Crippen molar-refractivity contribution >= 4 is 6.41 Å². The molecular weight excluding hydrogens is 188 g/mol. The predicted molar refractivity (Wildman–Crippen MR) is 62.8 cm³/mol. The summed E-state index contributed by atoms with van der Waals surface area (Å²) in [6, 6.07) is 0. The Balaban J connectivity index is 1.81. The molecule has 1 saturated heterocycles. The number of nitrogens with zero attached hydrogens (tertiary/aromatic N) is 1. The molecule has 0 atom stereocenters. The molecule has 1 amide bonds. The fraction of sp³-hybridized carbons (Fsp3) is 0.917. The Bertz CT molecular complexity index is 156. The zero-order valence-electron chi connectivity index (χ0n) is 9.71. The van der Waals surface area contributed by atoms with E-state index in [1.807, 2.05) is 0 Å². The van der Waals surface area contributed by atoms with Gasteiger partial charge in [-0.3, -0.25) is 4.79 Å². The number of amides is 1. The standard InChI is InChI=1S/C12H24N2O/c15-12-13-8-4-1-2-5-9-14-10-6-3-7-11-14/h12H,1-11H2,(H,13,15). The number of carbonyl (C=O) groups is 1. The van der Waals surface area contributed by atoms with Gasteiger partial charge in [0.25, 0.3) is 0 Å². The van der Waals surface area contributed by atoms with Crippen LogP contribution in [0.15, 0.2) is 0 Å². The van der Waals surface area contributed by atoms with Gasteiger partial charge in [-0.05, 0) is 45.3 Å². The minimum atomic E-state index is 0.785. The van der Waals surface area contributed by atoms with Crippen LogP contribution in [0.25, 0.3) is 0 Å². The van der Waals surface area contributed by atoms with E-state index in [0.717, 1.165) is 19.4 Å². The highest BCUT2D eigenvalue weighted by Gasteiger charge is 2.08. The van der Waals surface area contributed by atoms with Crippen LogP contribution < -0.4 is 5.32 Å². The first-order valence-corrected chi connectivity index (χ1v) is 6.33. The van der Waals surface area contributed by atoms with Gasteiger partial charge in [0.1, 0.15) is 0 Å². The molecule has 0 aliphatic carbocycles. The lowest BCUT2D eigenvalue weighted by molar-refractivity contribution is -0.109. The summed E-state index contributed by atoms with van der Waals surface area (Å²) in [5.74, 6) is 0. The second-order valence-corrected chi connectivity index (χ2v) is 4.39. The van der Waals surface area contributed by atoms with Gasteiger partial charge in [0, 0.05) is 6.54 Å². The third kappa shape index (κ3) is 6.50. The predicted octanol–water partition coefficient (Wildman–Crippen LogP) is 1.78. The molecule has 1 fully saturated rings. The largest absolute Gasteiger partial charge is 0.359 e. The lowest BCUT2D eigenvalue weighted by Crippen LogP contribution is -2.30. The third-order valence-corrected chi connectivity index (χ3v) is 3.08. The molecule has 3 nitrogen and oxygen atoms in total. The minimum absolute atomic E-state index is 0.785. The first-order chi connectivity index (χ1) is 7.43. The number of unbranched alkanes of at least 4 members (excludes halogenated alkanes) is 3. The van der Waals surface area contributed by atoms with E-state index in [9.17, 15) is 4.79 Å². The van der Waals surface area contributed by atoms with E-state index < -0.39 is 0 Å². The van der Waals surface area contributed by atoms with Crippen molar-refractivity contribution in [3.63, 3.8) is 0 Å². The Morgan fingerprint density at radius 1 is 1.00 bits per heavy atom. The summed E-state index contributed by atoms with van der Waals surface area (Å²) >= 11 is 0. The van der Waals surface area contributed by atoms with Crippen molar-refractivity contribution in [2.75, 3.05) is 26.2 Å². The Hall–Kier alpha value is -0.570. The number of hydrogen-bond acceptors (Lipinski definition) is 2. The van der Waals surface area contributed by atoms with Crippen molar-refractivity contribution in [3.8, 4) is 0 Å². The van der Waals surface area contributed by atoms with Gasteiger partial charge in [-0.2, -0.15) is 0 Å². The van der Waals surface area contributed by atoms with Crippen molar-refractivity contribution < 1.29 is 4.79 Å². The normalized spacial score (nSPS) is 17.6. The number of hydrogen-bond donors (Lipinski definition) is 1. The molecule has 0 bridgehead atoms. The molecular formula is C12H24N2O. The molecule has 0 saturated carbocycles. The lowest BCUT2D eigenvalue weighted by atomic mass is 10.1. The van der Waals surface area contributed by atoms with Crippen molar-refractivity contribution in [2.45, 2.75) is 44.9 Å². The van der Waals surface area contributed by atoms with Crippen LogP contribution in [0.5, 0.6) is 0 Å². The van der Waals surface area contributed by atoms with Gasteiger partial charge in [-0.25, -0.2) is 0 Å². The van der Waals surface area contributed by atoms with Crippen LogP contribution in [-0.2, 0) is 4.79 Å². The third-order valence-electron chi connectivity index (χ3n) is 3.08. The molecule has 3 heteroatoms. The smallest absolute Gasteiger partial charge is 0.207 e. The first kappa shape index (κ1) is 12.5. The molecule has 1 N–H and O–H groups in total. The second kappa shape index (κ2) is 8.72. The zero-order valence-corrected chi connectivity index (χ0v) is 9.71. The summed E-state index contributed by atoms with van der Waals surface area (Å²) in [6.45, 7) is 4.74. The maximum atomic E-state index is 9.98. The highest BCUT2D eigenvalue weighted by Crippen LogP contribution is 2.10. The van der Waals surface area contributed by atoms with Crippen LogP contribution >= 0.6 is 0 Å². The van der Waals surface area contributed by atoms with E-state index in [0.29, 0.717) is 0 Å². The van der Waals surface area contributed by atoms with E-state index in [1.165, 1.54) is 58.2 Å². The number of likely N-dealkylation sites (tertiary alicyclic amines) is 1. The van der Waals surface area contributed by atoms with Gasteiger partial charge in [-0.1, -0.05) is 19.3 Å². The van der Waals surface area contributed by atoms with Crippen LogP contribution in [0.3, 0.4) is 0 Å². The monoisotopic (exact) mass is 212 g/mol. The summed E-state index contributed by atoms with van der Waals surface area (Å²) in [6.07, 6.45) is 9.99. The van der Waals surface area contributed by atoms with E-state index in [4.69, 9.17) is 0 Å². The molecule has 1 rings (SSSR count). The molecule has 0 unspecified atom stereocenters. The summed E-state index contributed by atoms with van der Waals surface area (Å²) in [7, 11) is 0. The van der Waals surface area contributed by atoms with E-state index in [1.54, 1.807) is 0 Å². The summed E-state index contributed by atoms with van der Waals surface area (Å²) in [4.78, 5) is 12.6. The molecule has 0 radical (unpaired) electrons. The number of rotatable bonds is 8. The molecule has 0 spiro atoms. The highest BCUT2D eigenvalue weighted by atomic mass is 16.1. The average molecular weight is 212 g/mol. The Kier molecular flexibility index (Phi) is 7.26. The fourth-order valence-corrected chi connectivity index (χ4v) is 2.16.